The van der Waals surface area contributed by atoms with Crippen LogP contribution in [-0.2, 0) is 21.3 Å². The quantitative estimate of drug-likeness (QED) is 0.860. The van der Waals surface area contributed by atoms with Gasteiger partial charge in [-0.1, -0.05) is 0 Å². The summed E-state index contributed by atoms with van der Waals surface area (Å²) in [5.41, 5.74) is 6.13. The molecule has 0 radical (unpaired) electrons. The Bertz CT molecular complexity index is 545. The average Bonchev–Trinajstić information content (AvgIpc) is 2.94. The van der Waals surface area contributed by atoms with Crippen LogP contribution in [0.15, 0.2) is 10.3 Å². The lowest BCUT2D eigenvalue weighted by molar-refractivity contribution is 0.0250. The van der Waals surface area contributed by atoms with Crippen LogP contribution in [0.2, 0.25) is 0 Å². The fourth-order valence-electron chi connectivity index (χ4n) is 2.12. The first-order valence-corrected chi connectivity index (χ1v) is 8.59. The van der Waals surface area contributed by atoms with Crippen molar-refractivity contribution in [1.82, 2.24) is 4.72 Å². The second-order valence-electron chi connectivity index (χ2n) is 5.10. The van der Waals surface area contributed by atoms with Crippen LogP contribution in [0.1, 0.15) is 30.2 Å². The largest absolute Gasteiger partial charge is 0.374 e. The van der Waals surface area contributed by atoms with Gasteiger partial charge in [0.2, 0.25) is 10.0 Å². The molecule has 0 spiro atoms. The minimum atomic E-state index is -3.46. The first-order chi connectivity index (χ1) is 8.86. The monoisotopic (exact) mass is 304 g/mol. The molecule has 0 amide bonds. The fraction of sp³-hybridized carbons (Fsp3) is 0.667. The minimum absolute atomic E-state index is 0.310. The number of sulfonamides is 1. The third-order valence-corrected chi connectivity index (χ3v) is 6.52. The third kappa shape index (κ3) is 3.35. The summed E-state index contributed by atoms with van der Waals surface area (Å²) in [6.45, 7) is 5.19. The number of hydrogen-bond donors (Lipinski definition) is 2. The first kappa shape index (κ1) is 14.9. The summed E-state index contributed by atoms with van der Waals surface area (Å²) in [6, 6.07) is 1.67. The smallest absolute Gasteiger partial charge is 0.250 e. The van der Waals surface area contributed by atoms with Crippen molar-refractivity contribution in [1.29, 1.82) is 0 Å². The molecule has 1 aromatic rings. The maximum absolute atomic E-state index is 12.2. The Labute approximate surface area is 118 Å². The molecule has 1 fully saturated rings. The molecule has 5 nitrogen and oxygen atoms in total. The van der Waals surface area contributed by atoms with Gasteiger partial charge in [-0.3, -0.25) is 0 Å². The number of rotatable bonds is 5. The van der Waals surface area contributed by atoms with Gasteiger partial charge in [0.25, 0.3) is 0 Å². The van der Waals surface area contributed by atoms with E-state index in [-0.39, 0.29) is 5.60 Å². The van der Waals surface area contributed by atoms with Crippen LogP contribution in [0.4, 0.5) is 0 Å². The summed E-state index contributed by atoms with van der Waals surface area (Å²) < 4.78 is 33.0. The van der Waals surface area contributed by atoms with Gasteiger partial charge in [0.1, 0.15) is 4.21 Å². The van der Waals surface area contributed by atoms with E-state index in [0.717, 1.165) is 23.3 Å². The van der Waals surface area contributed by atoms with Gasteiger partial charge in [-0.2, -0.15) is 0 Å². The molecule has 1 aliphatic heterocycles. The zero-order valence-electron chi connectivity index (χ0n) is 11.2. The van der Waals surface area contributed by atoms with Gasteiger partial charge in [0.15, 0.2) is 0 Å². The van der Waals surface area contributed by atoms with Crippen molar-refractivity contribution < 1.29 is 13.2 Å². The van der Waals surface area contributed by atoms with E-state index in [1.54, 1.807) is 6.07 Å². The molecule has 1 aromatic heterocycles. The predicted octanol–water partition coefficient (Wildman–Crippen LogP) is 1.36. The van der Waals surface area contributed by atoms with E-state index < -0.39 is 10.0 Å². The van der Waals surface area contributed by atoms with Crippen LogP contribution in [-0.4, -0.2) is 27.2 Å². The molecule has 7 heteroatoms. The molecular weight excluding hydrogens is 284 g/mol. The summed E-state index contributed by atoms with van der Waals surface area (Å²) in [7, 11) is -3.46. The maximum Gasteiger partial charge on any atom is 0.250 e. The summed E-state index contributed by atoms with van der Waals surface area (Å²) in [5, 5.41) is 0. The minimum Gasteiger partial charge on any atom is -0.374 e. The second kappa shape index (κ2) is 5.49. The van der Waals surface area contributed by atoms with E-state index in [0.29, 0.717) is 23.9 Å². The maximum atomic E-state index is 12.2. The Kier molecular flexibility index (Phi) is 4.32. The Morgan fingerprint density at radius 2 is 2.32 bits per heavy atom. The molecule has 1 saturated heterocycles. The van der Waals surface area contributed by atoms with Crippen molar-refractivity contribution in [2.75, 3.05) is 13.2 Å². The van der Waals surface area contributed by atoms with Gasteiger partial charge in [0.05, 0.1) is 5.60 Å². The van der Waals surface area contributed by atoms with Gasteiger partial charge >= 0.3 is 0 Å². The zero-order valence-corrected chi connectivity index (χ0v) is 12.9. The molecule has 0 aromatic carbocycles. The molecule has 19 heavy (non-hydrogen) atoms. The van der Waals surface area contributed by atoms with Crippen LogP contribution in [0.3, 0.4) is 0 Å². The van der Waals surface area contributed by atoms with Crippen molar-refractivity contribution in [3.63, 3.8) is 0 Å². The Balaban J connectivity index is 2.09. The molecule has 0 bridgehead atoms. The van der Waals surface area contributed by atoms with Crippen LogP contribution < -0.4 is 10.5 Å². The zero-order chi connectivity index (χ0) is 14.1. The number of thiophene rings is 1. The third-order valence-electron chi connectivity index (χ3n) is 3.38. The van der Waals surface area contributed by atoms with Crippen molar-refractivity contribution in [3.8, 4) is 0 Å². The van der Waals surface area contributed by atoms with Crippen molar-refractivity contribution in [2.24, 2.45) is 5.73 Å². The molecule has 1 unspecified atom stereocenters. The number of aryl methyl sites for hydroxylation is 1. The molecule has 2 heterocycles. The van der Waals surface area contributed by atoms with Crippen LogP contribution in [0.5, 0.6) is 0 Å². The Hall–Kier alpha value is -0.470. The second-order valence-corrected chi connectivity index (χ2v) is 8.23. The Morgan fingerprint density at radius 3 is 2.84 bits per heavy atom. The standard InChI is InChI=1S/C12H20N2O3S2/c1-9-6-11(18-10(9)7-13)19(15,16)14-8-12(2)4-3-5-17-12/h6,14H,3-5,7-8,13H2,1-2H3. The molecular formula is C12H20N2O3S2. The van der Waals surface area contributed by atoms with E-state index in [9.17, 15) is 8.42 Å². The first-order valence-electron chi connectivity index (χ1n) is 6.29. The van der Waals surface area contributed by atoms with Gasteiger partial charge < -0.3 is 10.5 Å². The molecule has 0 saturated carbocycles. The lowest BCUT2D eigenvalue weighted by Crippen LogP contribution is -2.39. The summed E-state index contributed by atoms with van der Waals surface area (Å²) in [6.07, 6.45) is 1.86. The van der Waals surface area contributed by atoms with Gasteiger partial charge in [-0.05, 0) is 38.3 Å². The van der Waals surface area contributed by atoms with Crippen molar-refractivity contribution >= 4 is 21.4 Å². The molecule has 3 N–H and O–H groups in total. The molecule has 2 rings (SSSR count). The fourth-order valence-corrected chi connectivity index (χ4v) is 4.79. The summed E-state index contributed by atoms with van der Waals surface area (Å²) >= 11 is 1.23. The van der Waals surface area contributed by atoms with Crippen molar-refractivity contribution in [3.05, 3.63) is 16.5 Å². The molecule has 1 atom stereocenters. The summed E-state index contributed by atoms with van der Waals surface area (Å²) in [4.78, 5) is 0.906. The summed E-state index contributed by atoms with van der Waals surface area (Å²) in [5.74, 6) is 0. The van der Waals surface area contributed by atoms with Gasteiger partial charge in [-0.25, -0.2) is 13.1 Å². The number of hydrogen-bond acceptors (Lipinski definition) is 5. The van der Waals surface area contributed by atoms with Crippen LogP contribution >= 0.6 is 11.3 Å². The highest BCUT2D eigenvalue weighted by Gasteiger charge is 2.31. The van der Waals surface area contributed by atoms with E-state index in [1.165, 1.54) is 11.3 Å². The lowest BCUT2D eigenvalue weighted by Gasteiger charge is -2.22. The Morgan fingerprint density at radius 1 is 1.58 bits per heavy atom. The van der Waals surface area contributed by atoms with Gasteiger partial charge in [-0.15, -0.1) is 11.3 Å². The van der Waals surface area contributed by atoms with E-state index >= 15 is 0 Å². The highest BCUT2D eigenvalue weighted by Crippen LogP contribution is 2.27. The van der Waals surface area contributed by atoms with E-state index in [2.05, 4.69) is 4.72 Å². The number of ether oxygens (including phenoxy) is 1. The number of nitrogens with one attached hydrogen (secondary N) is 1. The SMILES string of the molecule is Cc1cc(S(=O)(=O)NCC2(C)CCCO2)sc1CN. The normalized spacial score (nSPS) is 23.9. The van der Waals surface area contributed by atoms with E-state index in [4.69, 9.17) is 10.5 Å². The average molecular weight is 304 g/mol. The number of nitrogens with two attached hydrogens (primary N) is 1. The van der Waals surface area contributed by atoms with Gasteiger partial charge in [0, 0.05) is 24.6 Å². The highest BCUT2D eigenvalue weighted by molar-refractivity contribution is 7.91. The lowest BCUT2D eigenvalue weighted by atomic mass is 10.0. The predicted molar refractivity (Wildman–Crippen MR) is 75.7 cm³/mol. The van der Waals surface area contributed by atoms with E-state index in [1.807, 2.05) is 13.8 Å². The molecule has 108 valence electrons. The molecule has 0 aliphatic carbocycles. The van der Waals surface area contributed by atoms with Crippen molar-refractivity contribution in [2.45, 2.75) is 43.0 Å². The van der Waals surface area contributed by atoms with Crippen LogP contribution in [0.25, 0.3) is 0 Å². The molecule has 1 aliphatic rings. The topological polar surface area (TPSA) is 81.4 Å². The van der Waals surface area contributed by atoms with Crippen LogP contribution in [0, 0.1) is 6.92 Å². The highest BCUT2D eigenvalue weighted by atomic mass is 32.2.